The molecule has 23 heavy (non-hydrogen) atoms. The normalized spacial score (nSPS) is 22.8. The van der Waals surface area contributed by atoms with Crippen molar-refractivity contribution < 1.29 is 9.21 Å². The number of nitrogens with zero attached hydrogens (tertiary/aromatic N) is 2. The van der Waals surface area contributed by atoms with Crippen molar-refractivity contribution >= 4 is 5.91 Å². The molecule has 4 heterocycles. The number of piperidine rings is 1. The summed E-state index contributed by atoms with van der Waals surface area (Å²) in [5, 5.41) is 0. The molecule has 0 spiro atoms. The minimum absolute atomic E-state index is 0.0392. The highest BCUT2D eigenvalue weighted by Crippen LogP contribution is 2.35. The van der Waals surface area contributed by atoms with Gasteiger partial charge in [-0.15, -0.1) is 0 Å². The first-order valence-electron chi connectivity index (χ1n) is 8.09. The molecule has 1 amide bonds. The fourth-order valence-corrected chi connectivity index (χ4v) is 3.90. The van der Waals surface area contributed by atoms with Crippen LogP contribution in [0.5, 0.6) is 0 Å². The van der Waals surface area contributed by atoms with Gasteiger partial charge < -0.3 is 13.9 Å². The SMILES string of the molecule is Cc1cc(C(=O)N2C[C@H]3C[C@H](C2)c2cccc(=O)n2C3)oc1C. The molecule has 5 heteroatoms. The molecule has 2 aliphatic heterocycles. The van der Waals surface area contributed by atoms with Crippen LogP contribution in [0.4, 0.5) is 0 Å². The zero-order chi connectivity index (χ0) is 16.1. The molecule has 120 valence electrons. The second-order valence-corrected chi connectivity index (χ2v) is 6.76. The highest BCUT2D eigenvalue weighted by atomic mass is 16.4. The highest BCUT2D eigenvalue weighted by Gasteiger charge is 2.37. The Hall–Kier alpha value is -2.30. The molecule has 0 unspecified atom stereocenters. The second kappa shape index (κ2) is 5.11. The number of rotatable bonds is 1. The third-order valence-corrected chi connectivity index (χ3v) is 5.14. The molecule has 0 aliphatic carbocycles. The molecule has 2 atom stereocenters. The number of aryl methyl sites for hydroxylation is 2. The lowest BCUT2D eigenvalue weighted by molar-refractivity contribution is 0.0562. The van der Waals surface area contributed by atoms with Gasteiger partial charge in [-0.2, -0.15) is 0 Å². The van der Waals surface area contributed by atoms with Gasteiger partial charge in [-0.3, -0.25) is 9.59 Å². The van der Waals surface area contributed by atoms with Crippen molar-refractivity contribution in [2.75, 3.05) is 13.1 Å². The number of hydrogen-bond donors (Lipinski definition) is 0. The Bertz CT molecular complexity index is 814. The van der Waals surface area contributed by atoms with Gasteiger partial charge in [0.2, 0.25) is 0 Å². The molecule has 2 aromatic heterocycles. The van der Waals surface area contributed by atoms with Gasteiger partial charge in [-0.05, 0) is 43.9 Å². The van der Waals surface area contributed by atoms with Gasteiger partial charge in [0.05, 0.1) is 0 Å². The van der Waals surface area contributed by atoms with Crippen LogP contribution < -0.4 is 5.56 Å². The van der Waals surface area contributed by atoms with E-state index in [9.17, 15) is 9.59 Å². The van der Waals surface area contributed by atoms with Crippen LogP contribution >= 0.6 is 0 Å². The third kappa shape index (κ3) is 2.31. The number of furan rings is 1. The predicted octanol–water partition coefficient (Wildman–Crippen LogP) is 2.32. The summed E-state index contributed by atoms with van der Waals surface area (Å²) >= 11 is 0. The van der Waals surface area contributed by atoms with Crippen LogP contribution in [0.3, 0.4) is 0 Å². The summed E-state index contributed by atoms with van der Waals surface area (Å²) in [5.74, 6) is 1.75. The molecule has 0 saturated carbocycles. The number of hydrogen-bond acceptors (Lipinski definition) is 3. The lowest BCUT2D eigenvalue weighted by Crippen LogP contribution is -2.49. The van der Waals surface area contributed by atoms with E-state index in [2.05, 4.69) is 0 Å². The third-order valence-electron chi connectivity index (χ3n) is 5.14. The van der Waals surface area contributed by atoms with E-state index in [1.807, 2.05) is 41.5 Å². The Morgan fingerprint density at radius 1 is 1.22 bits per heavy atom. The van der Waals surface area contributed by atoms with Crippen LogP contribution in [0.25, 0.3) is 0 Å². The molecular weight excluding hydrogens is 292 g/mol. The average molecular weight is 312 g/mol. The number of fused-ring (bicyclic) bond motifs is 4. The highest BCUT2D eigenvalue weighted by molar-refractivity contribution is 5.92. The van der Waals surface area contributed by atoms with Crippen molar-refractivity contribution in [1.29, 1.82) is 0 Å². The fourth-order valence-electron chi connectivity index (χ4n) is 3.90. The summed E-state index contributed by atoms with van der Waals surface area (Å²) in [5.41, 5.74) is 2.12. The average Bonchev–Trinajstić information content (AvgIpc) is 2.87. The first-order valence-corrected chi connectivity index (χ1v) is 8.09. The molecule has 2 aliphatic rings. The number of carbonyl (C=O) groups is 1. The van der Waals surface area contributed by atoms with E-state index in [-0.39, 0.29) is 17.4 Å². The van der Waals surface area contributed by atoms with Crippen molar-refractivity contribution in [2.45, 2.75) is 32.7 Å². The van der Waals surface area contributed by atoms with Crippen LogP contribution in [0, 0.1) is 19.8 Å². The van der Waals surface area contributed by atoms with Gasteiger partial charge in [0.1, 0.15) is 5.76 Å². The van der Waals surface area contributed by atoms with Gasteiger partial charge in [0, 0.05) is 37.3 Å². The maximum absolute atomic E-state index is 12.7. The summed E-state index contributed by atoms with van der Waals surface area (Å²) < 4.78 is 7.47. The minimum Gasteiger partial charge on any atom is -0.456 e. The molecule has 0 aromatic carbocycles. The van der Waals surface area contributed by atoms with Crippen LogP contribution in [0.2, 0.25) is 0 Å². The van der Waals surface area contributed by atoms with Crippen molar-refractivity contribution in [3.63, 3.8) is 0 Å². The Balaban J connectivity index is 1.63. The lowest BCUT2D eigenvalue weighted by atomic mass is 9.83. The van der Waals surface area contributed by atoms with Gasteiger partial charge in [-0.25, -0.2) is 0 Å². The first kappa shape index (κ1) is 14.3. The molecule has 0 radical (unpaired) electrons. The predicted molar refractivity (Wildman–Crippen MR) is 85.6 cm³/mol. The molecule has 2 aromatic rings. The van der Waals surface area contributed by atoms with E-state index in [0.29, 0.717) is 31.3 Å². The molecule has 0 N–H and O–H groups in total. The number of carbonyl (C=O) groups excluding carboxylic acids is 1. The van der Waals surface area contributed by atoms with Crippen LogP contribution in [-0.4, -0.2) is 28.5 Å². The molecule has 1 saturated heterocycles. The summed E-state index contributed by atoms with van der Waals surface area (Å²) in [7, 11) is 0. The maximum Gasteiger partial charge on any atom is 0.289 e. The first-order chi connectivity index (χ1) is 11.0. The van der Waals surface area contributed by atoms with E-state index in [4.69, 9.17) is 4.42 Å². The van der Waals surface area contributed by atoms with E-state index in [0.717, 1.165) is 23.4 Å². The number of pyridine rings is 1. The maximum atomic E-state index is 12.7. The Morgan fingerprint density at radius 2 is 2.04 bits per heavy atom. The molecular formula is C18H20N2O3. The molecule has 1 fully saturated rings. The Kier molecular flexibility index (Phi) is 3.18. The van der Waals surface area contributed by atoms with Crippen molar-refractivity contribution in [1.82, 2.24) is 9.47 Å². The van der Waals surface area contributed by atoms with Crippen LogP contribution in [-0.2, 0) is 6.54 Å². The van der Waals surface area contributed by atoms with Gasteiger partial charge in [0.25, 0.3) is 11.5 Å². The molecule has 4 rings (SSSR count). The molecule has 2 bridgehead atoms. The lowest BCUT2D eigenvalue weighted by Gasteiger charge is -2.42. The Labute approximate surface area is 134 Å². The van der Waals surface area contributed by atoms with Crippen LogP contribution in [0.15, 0.2) is 33.5 Å². The summed E-state index contributed by atoms with van der Waals surface area (Å²) in [6.45, 7) is 5.86. The quantitative estimate of drug-likeness (QED) is 0.812. The van der Waals surface area contributed by atoms with Crippen LogP contribution in [0.1, 0.15) is 39.9 Å². The van der Waals surface area contributed by atoms with Gasteiger partial charge in [0.15, 0.2) is 5.76 Å². The smallest absolute Gasteiger partial charge is 0.289 e. The standard InChI is InChI=1S/C18H20N2O3/c1-11-6-16(23-12(11)2)18(22)19-8-13-7-14(10-19)15-4-3-5-17(21)20(15)9-13/h3-6,13-14H,7-10H2,1-2H3/t13-,14-/m1/s1. The summed E-state index contributed by atoms with van der Waals surface area (Å²) in [4.78, 5) is 26.7. The molecule has 5 nitrogen and oxygen atoms in total. The zero-order valence-corrected chi connectivity index (χ0v) is 13.4. The van der Waals surface area contributed by atoms with Gasteiger partial charge >= 0.3 is 0 Å². The summed E-state index contributed by atoms with van der Waals surface area (Å²) in [6, 6.07) is 7.26. The summed E-state index contributed by atoms with van der Waals surface area (Å²) in [6.07, 6.45) is 1.05. The minimum atomic E-state index is -0.0392. The van der Waals surface area contributed by atoms with Crippen molar-refractivity contribution in [2.24, 2.45) is 5.92 Å². The monoisotopic (exact) mass is 312 g/mol. The van der Waals surface area contributed by atoms with E-state index in [1.54, 1.807) is 6.07 Å². The number of likely N-dealkylation sites (tertiary alicyclic amines) is 1. The van der Waals surface area contributed by atoms with E-state index >= 15 is 0 Å². The van der Waals surface area contributed by atoms with Gasteiger partial charge in [-0.1, -0.05) is 6.07 Å². The fraction of sp³-hybridized carbons (Fsp3) is 0.444. The van der Waals surface area contributed by atoms with E-state index in [1.165, 1.54) is 0 Å². The second-order valence-electron chi connectivity index (χ2n) is 6.76. The van der Waals surface area contributed by atoms with E-state index < -0.39 is 0 Å². The Morgan fingerprint density at radius 3 is 2.78 bits per heavy atom. The number of aromatic nitrogens is 1. The topological polar surface area (TPSA) is 55.5 Å². The van der Waals surface area contributed by atoms with Crippen molar-refractivity contribution in [3.05, 3.63) is 57.4 Å². The zero-order valence-electron chi connectivity index (χ0n) is 13.4. The van der Waals surface area contributed by atoms with Crippen molar-refractivity contribution in [3.8, 4) is 0 Å². The number of amides is 1. The largest absolute Gasteiger partial charge is 0.456 e.